The van der Waals surface area contributed by atoms with Crippen molar-refractivity contribution in [3.63, 3.8) is 0 Å². The van der Waals surface area contributed by atoms with Crippen molar-refractivity contribution in [2.75, 3.05) is 0 Å². The highest BCUT2D eigenvalue weighted by atomic mass is 35.5. The van der Waals surface area contributed by atoms with Crippen molar-refractivity contribution in [2.24, 2.45) is 11.1 Å². The summed E-state index contributed by atoms with van der Waals surface area (Å²) in [7, 11) is 0. The molecule has 0 heterocycles. The van der Waals surface area contributed by atoms with Gasteiger partial charge in [-0.3, -0.25) is 0 Å². The monoisotopic (exact) mass is 168 g/mol. The number of hydrogen-bond donors (Lipinski definition) is 1. The molecule has 1 fully saturated rings. The molecule has 0 aromatic heterocycles. The van der Waals surface area contributed by atoms with Gasteiger partial charge in [-0.2, -0.15) is 0 Å². The highest BCUT2D eigenvalue weighted by Crippen LogP contribution is 2.34. The lowest BCUT2D eigenvalue weighted by atomic mass is 9.76. The van der Waals surface area contributed by atoms with Gasteiger partial charge in [-0.05, 0) is 31.0 Å². The van der Waals surface area contributed by atoms with E-state index >= 15 is 0 Å². The number of rotatable bonds is 0. The predicted octanol–water partition coefficient (Wildman–Crippen LogP) is 2.34. The molecule has 1 rings (SSSR count). The SMILES string of the molecule is Cl.[2H]C1([2H])CC(C)(C)CC([2H])([2H])C1([2H])N. The van der Waals surface area contributed by atoms with Crippen LogP contribution in [0.1, 0.15) is 46.3 Å². The van der Waals surface area contributed by atoms with Crippen molar-refractivity contribution in [3.05, 3.63) is 0 Å². The largest absolute Gasteiger partial charge is 0.328 e. The normalized spacial score (nSPS) is 46.1. The molecular formula is C8H18ClN. The Hall–Kier alpha value is 0.250. The molecule has 0 unspecified atom stereocenters. The maximum Gasteiger partial charge on any atom is 0.0462 e. The lowest BCUT2D eigenvalue weighted by molar-refractivity contribution is 0.225. The zero-order chi connectivity index (χ0) is 11.4. The molecule has 0 atom stereocenters. The fraction of sp³-hybridized carbons (Fsp3) is 1.00. The molecule has 0 spiro atoms. The second-order valence-corrected chi connectivity index (χ2v) is 3.28. The molecule has 0 radical (unpaired) electrons. The van der Waals surface area contributed by atoms with Crippen LogP contribution >= 0.6 is 12.4 Å². The third-order valence-electron chi connectivity index (χ3n) is 1.51. The summed E-state index contributed by atoms with van der Waals surface area (Å²) in [5, 5.41) is 0. The Morgan fingerprint density at radius 2 is 1.90 bits per heavy atom. The van der Waals surface area contributed by atoms with Crippen molar-refractivity contribution in [3.8, 4) is 0 Å². The van der Waals surface area contributed by atoms with Crippen molar-refractivity contribution < 1.29 is 6.85 Å². The van der Waals surface area contributed by atoms with Gasteiger partial charge in [-0.15, -0.1) is 12.4 Å². The second-order valence-electron chi connectivity index (χ2n) is 3.28. The van der Waals surface area contributed by atoms with E-state index in [9.17, 15) is 0 Å². The quantitative estimate of drug-likeness (QED) is 0.591. The van der Waals surface area contributed by atoms with Gasteiger partial charge in [0.2, 0.25) is 0 Å². The molecule has 0 bridgehead atoms. The lowest BCUT2D eigenvalue weighted by Gasteiger charge is -2.32. The Morgan fingerprint density at radius 3 is 2.30 bits per heavy atom. The minimum absolute atomic E-state index is 0. The minimum Gasteiger partial charge on any atom is -0.328 e. The summed E-state index contributed by atoms with van der Waals surface area (Å²) in [6.45, 7) is 3.61. The molecule has 1 aliphatic rings. The van der Waals surface area contributed by atoms with E-state index < -0.39 is 24.2 Å². The fourth-order valence-corrected chi connectivity index (χ4v) is 0.794. The van der Waals surface area contributed by atoms with Crippen LogP contribution in [0.2, 0.25) is 0 Å². The van der Waals surface area contributed by atoms with Crippen LogP contribution in [-0.4, -0.2) is 6.02 Å². The molecule has 0 aliphatic heterocycles. The van der Waals surface area contributed by atoms with Gasteiger partial charge >= 0.3 is 0 Å². The smallest absolute Gasteiger partial charge is 0.0462 e. The summed E-state index contributed by atoms with van der Waals surface area (Å²) in [4.78, 5) is 0. The molecule has 2 heteroatoms. The highest BCUT2D eigenvalue weighted by Gasteiger charge is 2.24. The van der Waals surface area contributed by atoms with E-state index in [1.54, 1.807) is 13.8 Å². The Kier molecular flexibility index (Phi) is 1.55. The van der Waals surface area contributed by atoms with Gasteiger partial charge in [-0.1, -0.05) is 13.8 Å². The molecule has 2 N–H and O–H groups in total. The fourth-order valence-electron chi connectivity index (χ4n) is 0.794. The second kappa shape index (κ2) is 3.59. The zero-order valence-electron chi connectivity index (χ0n) is 11.4. The van der Waals surface area contributed by atoms with Gasteiger partial charge in [-0.25, -0.2) is 0 Å². The topological polar surface area (TPSA) is 26.0 Å². The minimum atomic E-state index is -2.16. The molecule has 10 heavy (non-hydrogen) atoms. The molecule has 1 nitrogen and oxygen atoms in total. The molecule has 0 amide bonds. The third kappa shape index (κ3) is 2.89. The summed E-state index contributed by atoms with van der Waals surface area (Å²) in [5.41, 5.74) is 5.02. The molecule has 1 aliphatic carbocycles. The predicted molar refractivity (Wildman–Crippen MR) is 47.5 cm³/mol. The van der Waals surface area contributed by atoms with Crippen molar-refractivity contribution in [2.45, 2.75) is 45.5 Å². The zero-order valence-corrected chi connectivity index (χ0v) is 7.22. The lowest BCUT2D eigenvalue weighted by Crippen LogP contribution is -2.30. The maximum atomic E-state index is 7.65. The highest BCUT2D eigenvalue weighted by molar-refractivity contribution is 5.85. The van der Waals surface area contributed by atoms with Crippen LogP contribution in [0.15, 0.2) is 0 Å². The first-order valence-electron chi connectivity index (χ1n) is 5.70. The molecule has 0 aromatic carbocycles. The van der Waals surface area contributed by atoms with Crippen LogP contribution < -0.4 is 5.73 Å². The average Bonchev–Trinajstić information content (AvgIpc) is 1.77. The van der Waals surface area contributed by atoms with Crippen molar-refractivity contribution in [1.82, 2.24) is 0 Å². The van der Waals surface area contributed by atoms with Gasteiger partial charge in [0.15, 0.2) is 0 Å². The van der Waals surface area contributed by atoms with Crippen LogP contribution in [-0.2, 0) is 0 Å². The number of hydrogen-bond acceptors (Lipinski definition) is 1. The van der Waals surface area contributed by atoms with E-state index in [4.69, 9.17) is 12.6 Å². The van der Waals surface area contributed by atoms with Gasteiger partial charge in [0.1, 0.15) is 0 Å². The van der Waals surface area contributed by atoms with Crippen LogP contribution in [0, 0.1) is 5.41 Å². The maximum absolute atomic E-state index is 7.65. The molecule has 62 valence electrons. The standard InChI is InChI=1S/C8H17N.ClH/c1-8(2)5-3-7(9)4-6-8;/h7H,3-6,9H2,1-2H3;1H/i3D2,4D2,7D;. The summed E-state index contributed by atoms with van der Waals surface area (Å²) in [5.74, 6) is 0. The van der Waals surface area contributed by atoms with Gasteiger partial charge in [0, 0.05) is 12.9 Å². The van der Waals surface area contributed by atoms with E-state index in [1.165, 1.54) is 0 Å². The van der Waals surface area contributed by atoms with Crippen LogP contribution in [0.5, 0.6) is 0 Å². The number of halogens is 1. The molecule has 0 aromatic rings. The van der Waals surface area contributed by atoms with E-state index in [0.29, 0.717) is 0 Å². The van der Waals surface area contributed by atoms with E-state index in [1.807, 2.05) is 0 Å². The van der Waals surface area contributed by atoms with Crippen LogP contribution in [0.25, 0.3) is 0 Å². The van der Waals surface area contributed by atoms with Gasteiger partial charge < -0.3 is 5.73 Å². The summed E-state index contributed by atoms with van der Waals surface area (Å²) in [6.07, 6.45) is -3.73. The first-order valence-corrected chi connectivity index (χ1v) is 3.20. The first kappa shape index (κ1) is 4.32. The molecule has 0 saturated heterocycles. The van der Waals surface area contributed by atoms with Crippen LogP contribution in [0.3, 0.4) is 0 Å². The van der Waals surface area contributed by atoms with Crippen LogP contribution in [0.4, 0.5) is 0 Å². The van der Waals surface area contributed by atoms with Crippen molar-refractivity contribution >= 4 is 12.4 Å². The third-order valence-corrected chi connectivity index (χ3v) is 1.51. The summed E-state index contributed by atoms with van der Waals surface area (Å²) >= 11 is 0. The molecule has 1 saturated carbocycles. The Bertz CT molecular complexity index is 229. The van der Waals surface area contributed by atoms with Gasteiger partial charge in [0.25, 0.3) is 0 Å². The molecular weight excluding hydrogens is 146 g/mol. The van der Waals surface area contributed by atoms with Crippen molar-refractivity contribution in [1.29, 1.82) is 0 Å². The first-order chi connectivity index (χ1) is 5.91. The average molecular weight is 169 g/mol. The Morgan fingerprint density at radius 1 is 1.50 bits per heavy atom. The van der Waals surface area contributed by atoms with Gasteiger partial charge in [0.05, 0.1) is 0 Å². The number of nitrogens with two attached hydrogens (primary N) is 1. The Balaban J connectivity index is 0.00000196. The Labute approximate surface area is 76.8 Å². The van der Waals surface area contributed by atoms with E-state index in [2.05, 4.69) is 0 Å². The summed E-state index contributed by atoms with van der Waals surface area (Å²) < 4.78 is 38.3. The summed E-state index contributed by atoms with van der Waals surface area (Å²) in [6, 6.07) is -2.16. The van der Waals surface area contributed by atoms with E-state index in [-0.39, 0.29) is 25.2 Å². The van der Waals surface area contributed by atoms with E-state index in [0.717, 1.165) is 0 Å².